The van der Waals surface area contributed by atoms with Gasteiger partial charge in [0, 0.05) is 32.2 Å². The van der Waals surface area contributed by atoms with E-state index in [2.05, 4.69) is 34.9 Å². The number of ether oxygens (including phenoxy) is 2. The van der Waals surface area contributed by atoms with Crippen LogP contribution in [-0.2, 0) is 19.1 Å². The van der Waals surface area contributed by atoms with Crippen molar-refractivity contribution in [3.63, 3.8) is 0 Å². The summed E-state index contributed by atoms with van der Waals surface area (Å²) in [5, 5.41) is 14.7. The van der Waals surface area contributed by atoms with Gasteiger partial charge in [0.1, 0.15) is 6.61 Å². The highest BCUT2D eigenvalue weighted by molar-refractivity contribution is 5.84. The van der Waals surface area contributed by atoms with E-state index >= 15 is 0 Å². The molecule has 2 aliphatic rings. The van der Waals surface area contributed by atoms with Crippen molar-refractivity contribution < 1.29 is 29.0 Å². The molecule has 2 amide bonds. The minimum atomic E-state index is -0.892. The lowest BCUT2D eigenvalue weighted by atomic mass is 9.79. The zero-order valence-electron chi connectivity index (χ0n) is 19.9. The van der Waals surface area contributed by atoms with Crippen molar-refractivity contribution in [2.24, 2.45) is 11.3 Å². The molecule has 2 aromatic carbocycles. The summed E-state index contributed by atoms with van der Waals surface area (Å²) in [5.41, 5.74) is 3.78. The van der Waals surface area contributed by atoms with Crippen molar-refractivity contribution in [2.75, 3.05) is 32.9 Å². The number of aliphatic carboxylic acids is 1. The number of hydrogen-bond donors (Lipinski definition) is 3. The van der Waals surface area contributed by atoms with Gasteiger partial charge in [-0.25, -0.2) is 4.79 Å². The second-order valence-corrected chi connectivity index (χ2v) is 9.36. The van der Waals surface area contributed by atoms with E-state index in [1.165, 1.54) is 0 Å². The lowest BCUT2D eigenvalue weighted by molar-refractivity contribution is -0.142. The molecule has 1 heterocycles. The van der Waals surface area contributed by atoms with Crippen LogP contribution in [0.15, 0.2) is 48.5 Å². The first-order valence-corrected chi connectivity index (χ1v) is 12.1. The molecule has 1 aliphatic heterocycles. The van der Waals surface area contributed by atoms with Gasteiger partial charge in [0.05, 0.1) is 11.3 Å². The number of carboxylic acids is 1. The Morgan fingerprint density at radius 3 is 2.23 bits per heavy atom. The zero-order valence-corrected chi connectivity index (χ0v) is 19.9. The van der Waals surface area contributed by atoms with E-state index < -0.39 is 23.4 Å². The van der Waals surface area contributed by atoms with Crippen LogP contribution in [0.2, 0.25) is 0 Å². The van der Waals surface area contributed by atoms with E-state index in [4.69, 9.17) is 14.6 Å². The van der Waals surface area contributed by atoms with Crippen molar-refractivity contribution in [2.45, 2.75) is 32.1 Å². The van der Waals surface area contributed by atoms with Crippen molar-refractivity contribution in [1.82, 2.24) is 10.6 Å². The van der Waals surface area contributed by atoms with Crippen molar-refractivity contribution >= 4 is 18.0 Å². The molecule has 35 heavy (non-hydrogen) atoms. The number of carbonyl (C=O) groups excluding carboxylic acids is 2. The van der Waals surface area contributed by atoms with Gasteiger partial charge in [-0.3, -0.25) is 9.59 Å². The summed E-state index contributed by atoms with van der Waals surface area (Å²) >= 11 is 0. The molecule has 0 bridgehead atoms. The summed E-state index contributed by atoms with van der Waals surface area (Å²) in [4.78, 5) is 36.7. The van der Waals surface area contributed by atoms with E-state index in [1.54, 1.807) is 6.92 Å². The molecule has 1 fully saturated rings. The number of hydrogen-bond acceptors (Lipinski definition) is 5. The van der Waals surface area contributed by atoms with Crippen LogP contribution in [0.1, 0.15) is 43.2 Å². The third kappa shape index (κ3) is 5.48. The summed E-state index contributed by atoms with van der Waals surface area (Å²) in [5.74, 6) is -1.67. The number of alkyl carbamates (subject to hydrolysis) is 1. The van der Waals surface area contributed by atoms with E-state index in [0.717, 1.165) is 22.3 Å². The summed E-state index contributed by atoms with van der Waals surface area (Å²) in [6.07, 6.45) is 0.714. The van der Waals surface area contributed by atoms with Gasteiger partial charge in [0.2, 0.25) is 5.91 Å². The van der Waals surface area contributed by atoms with Crippen LogP contribution in [0, 0.1) is 11.3 Å². The number of rotatable bonds is 9. The lowest BCUT2D eigenvalue weighted by Crippen LogP contribution is -2.51. The molecule has 3 N–H and O–H groups in total. The van der Waals surface area contributed by atoms with Crippen molar-refractivity contribution in [3.8, 4) is 11.1 Å². The molecule has 0 aromatic heterocycles. The summed E-state index contributed by atoms with van der Waals surface area (Å²) in [6, 6.07) is 16.3. The van der Waals surface area contributed by atoms with Crippen LogP contribution >= 0.6 is 0 Å². The number of nitrogens with one attached hydrogen (secondary N) is 2. The molecule has 1 saturated heterocycles. The molecule has 8 heteroatoms. The molecule has 0 spiro atoms. The fourth-order valence-corrected chi connectivity index (χ4v) is 4.85. The molecule has 4 rings (SSSR count). The maximum Gasteiger partial charge on any atom is 0.407 e. The standard InChI is InChI=1S/C27H32N2O6/c1-18(24(30)31)10-13-28-25(32)27(11-14-34-15-12-27)17-29-26(33)35-16-23-21-8-4-2-6-19(21)20-7-3-5-9-22(20)23/h2-9,18,23H,10-17H2,1H3,(H,28,32)(H,29,33)(H,30,31). The van der Waals surface area contributed by atoms with Gasteiger partial charge in [-0.15, -0.1) is 0 Å². The topological polar surface area (TPSA) is 114 Å². The van der Waals surface area contributed by atoms with Gasteiger partial charge in [0.25, 0.3) is 0 Å². The van der Waals surface area contributed by atoms with Gasteiger partial charge < -0.3 is 25.2 Å². The minimum absolute atomic E-state index is 0.0373. The van der Waals surface area contributed by atoms with Crippen LogP contribution in [0.3, 0.4) is 0 Å². The molecule has 0 radical (unpaired) electrons. The van der Waals surface area contributed by atoms with E-state index in [1.807, 2.05) is 24.3 Å². The largest absolute Gasteiger partial charge is 0.481 e. The predicted molar refractivity (Wildman–Crippen MR) is 130 cm³/mol. The zero-order chi connectivity index (χ0) is 24.8. The number of fused-ring (bicyclic) bond motifs is 3. The number of benzene rings is 2. The molecular weight excluding hydrogens is 448 g/mol. The van der Waals surface area contributed by atoms with Gasteiger partial charge in [-0.1, -0.05) is 55.5 Å². The highest BCUT2D eigenvalue weighted by atomic mass is 16.5. The molecular formula is C27H32N2O6. The third-order valence-corrected chi connectivity index (χ3v) is 7.13. The van der Waals surface area contributed by atoms with Gasteiger partial charge >= 0.3 is 12.1 Å². The predicted octanol–water partition coefficient (Wildman–Crippen LogP) is 3.55. The average Bonchev–Trinajstić information content (AvgIpc) is 3.20. The van der Waals surface area contributed by atoms with Crippen LogP contribution in [-0.4, -0.2) is 56.0 Å². The molecule has 2 aromatic rings. The highest BCUT2D eigenvalue weighted by Gasteiger charge is 2.40. The number of carboxylic acid groups (broad SMARTS) is 1. The van der Waals surface area contributed by atoms with Crippen LogP contribution in [0.4, 0.5) is 4.79 Å². The van der Waals surface area contributed by atoms with E-state index in [-0.39, 0.29) is 31.5 Å². The van der Waals surface area contributed by atoms with Crippen LogP contribution in [0.25, 0.3) is 11.1 Å². The Bertz CT molecular complexity index is 1030. The first kappa shape index (κ1) is 24.7. The smallest absolute Gasteiger partial charge is 0.407 e. The fraction of sp³-hybridized carbons (Fsp3) is 0.444. The second kappa shape index (κ2) is 10.9. The van der Waals surface area contributed by atoms with Crippen molar-refractivity contribution in [3.05, 3.63) is 59.7 Å². The number of carbonyl (C=O) groups is 3. The molecule has 186 valence electrons. The number of amides is 2. The summed E-state index contributed by atoms with van der Waals surface area (Å²) in [7, 11) is 0. The van der Waals surface area contributed by atoms with E-state index in [9.17, 15) is 14.4 Å². The minimum Gasteiger partial charge on any atom is -0.481 e. The SMILES string of the molecule is CC(CCNC(=O)C1(CNC(=O)OCC2c3ccccc3-c3ccccc32)CCOCC1)C(=O)O. The average molecular weight is 481 g/mol. The van der Waals surface area contributed by atoms with Gasteiger partial charge in [-0.2, -0.15) is 0 Å². The second-order valence-electron chi connectivity index (χ2n) is 9.36. The molecule has 1 atom stereocenters. The Morgan fingerprint density at radius 1 is 1.03 bits per heavy atom. The Kier molecular flexibility index (Phi) is 7.70. The summed E-state index contributed by atoms with van der Waals surface area (Å²) < 4.78 is 11.1. The quantitative estimate of drug-likeness (QED) is 0.506. The monoisotopic (exact) mass is 480 g/mol. The maximum atomic E-state index is 13.0. The third-order valence-electron chi connectivity index (χ3n) is 7.13. The van der Waals surface area contributed by atoms with Gasteiger partial charge in [-0.05, 0) is 41.5 Å². The normalized spacial score (nSPS) is 17.1. The molecule has 8 nitrogen and oxygen atoms in total. The maximum absolute atomic E-state index is 13.0. The lowest BCUT2D eigenvalue weighted by Gasteiger charge is -2.35. The summed E-state index contributed by atoms with van der Waals surface area (Å²) in [6.45, 7) is 3.05. The van der Waals surface area contributed by atoms with Crippen molar-refractivity contribution in [1.29, 1.82) is 0 Å². The molecule has 1 aliphatic carbocycles. The molecule has 1 unspecified atom stereocenters. The Morgan fingerprint density at radius 2 is 1.63 bits per heavy atom. The highest BCUT2D eigenvalue weighted by Crippen LogP contribution is 2.44. The first-order valence-electron chi connectivity index (χ1n) is 12.1. The van der Waals surface area contributed by atoms with Gasteiger partial charge in [0.15, 0.2) is 0 Å². The molecule has 0 saturated carbocycles. The fourth-order valence-electron chi connectivity index (χ4n) is 4.85. The first-order chi connectivity index (χ1) is 16.9. The Labute approximate surface area is 205 Å². The Balaban J connectivity index is 1.34. The Hall–Kier alpha value is -3.39. The van der Waals surface area contributed by atoms with Crippen LogP contribution in [0.5, 0.6) is 0 Å². The van der Waals surface area contributed by atoms with Crippen LogP contribution < -0.4 is 10.6 Å². The van der Waals surface area contributed by atoms with E-state index in [0.29, 0.717) is 32.5 Å².